The maximum absolute atomic E-state index is 13.2. The van der Waals surface area contributed by atoms with Crippen LogP contribution in [0.4, 0.5) is 0 Å². The summed E-state index contributed by atoms with van der Waals surface area (Å²) in [6.45, 7) is 0.802. The third kappa shape index (κ3) is 8.99. The number of methoxy groups -OCH3 is 2. The highest BCUT2D eigenvalue weighted by molar-refractivity contribution is 6.24. The first-order chi connectivity index (χ1) is 24.3. The first-order valence-electron chi connectivity index (χ1n) is 17.0. The molecule has 0 radical (unpaired) electrons. The highest BCUT2D eigenvalue weighted by atomic mass is 16.5. The normalized spacial score (nSPS) is 15.4. The third-order valence-electron chi connectivity index (χ3n) is 8.73. The molecule has 12 heteroatoms. The number of carbonyl (C=O) groups is 5. The number of hydrogen-bond acceptors (Lipinski definition) is 9. The van der Waals surface area contributed by atoms with E-state index in [2.05, 4.69) is 16.7 Å². The molecule has 0 bridgehead atoms. The van der Waals surface area contributed by atoms with Crippen LogP contribution in [0, 0.1) is 0 Å². The van der Waals surface area contributed by atoms with Gasteiger partial charge in [0.1, 0.15) is 17.5 Å². The van der Waals surface area contributed by atoms with Gasteiger partial charge in [0, 0.05) is 13.0 Å². The number of carbonyl (C=O) groups excluding carboxylic acids is 5. The van der Waals surface area contributed by atoms with Crippen molar-refractivity contribution in [1.82, 2.24) is 15.5 Å². The summed E-state index contributed by atoms with van der Waals surface area (Å²) in [4.78, 5) is 63.3. The van der Waals surface area contributed by atoms with E-state index in [-0.39, 0.29) is 36.5 Å². The van der Waals surface area contributed by atoms with Crippen molar-refractivity contribution >= 4 is 29.5 Å². The Kier molecular flexibility index (Phi) is 12.4. The molecule has 5 amide bonds. The largest absolute Gasteiger partial charge is 0.493 e. The molecule has 3 aromatic carbocycles. The van der Waals surface area contributed by atoms with Crippen molar-refractivity contribution in [2.24, 2.45) is 0 Å². The number of benzene rings is 3. The Morgan fingerprint density at radius 2 is 1.56 bits per heavy atom. The van der Waals surface area contributed by atoms with E-state index in [1.807, 2.05) is 36.4 Å². The number of hydrogen-bond donors (Lipinski definition) is 2. The number of amides is 5. The average Bonchev–Trinajstić information content (AvgIpc) is 3.37. The van der Waals surface area contributed by atoms with E-state index in [9.17, 15) is 24.0 Å². The van der Waals surface area contributed by atoms with E-state index in [0.717, 1.165) is 54.7 Å². The van der Waals surface area contributed by atoms with Gasteiger partial charge in [0.25, 0.3) is 17.7 Å². The van der Waals surface area contributed by atoms with Crippen molar-refractivity contribution in [3.05, 3.63) is 82.9 Å². The fourth-order valence-corrected chi connectivity index (χ4v) is 6.12. The predicted octanol–water partition coefficient (Wildman–Crippen LogP) is 4.41. The van der Waals surface area contributed by atoms with Crippen molar-refractivity contribution in [2.45, 2.75) is 63.8 Å². The summed E-state index contributed by atoms with van der Waals surface area (Å²) in [6, 6.07) is 17.5. The smallest absolute Gasteiger partial charge is 0.266 e. The Bertz CT molecular complexity index is 1720. The van der Waals surface area contributed by atoms with Crippen molar-refractivity contribution in [1.29, 1.82) is 0 Å². The van der Waals surface area contributed by atoms with Crippen LogP contribution in [0.5, 0.6) is 23.0 Å². The molecular weight excluding hydrogens is 642 g/mol. The van der Waals surface area contributed by atoms with Crippen molar-refractivity contribution in [2.75, 3.05) is 34.0 Å². The van der Waals surface area contributed by atoms with E-state index in [1.165, 1.54) is 11.6 Å². The molecule has 3 aromatic rings. The number of fused-ring (bicyclic) bond motifs is 1. The Hall–Kier alpha value is -5.39. The molecule has 0 aliphatic carbocycles. The van der Waals surface area contributed by atoms with Gasteiger partial charge in [-0.3, -0.25) is 34.2 Å². The van der Waals surface area contributed by atoms with Crippen LogP contribution < -0.4 is 29.6 Å². The van der Waals surface area contributed by atoms with Gasteiger partial charge in [-0.05, 0) is 86.1 Å². The first-order valence-corrected chi connectivity index (χ1v) is 17.0. The maximum atomic E-state index is 13.2. The summed E-state index contributed by atoms with van der Waals surface area (Å²) < 4.78 is 22.3. The van der Waals surface area contributed by atoms with Crippen molar-refractivity contribution in [3.8, 4) is 23.0 Å². The number of piperidine rings is 1. The lowest BCUT2D eigenvalue weighted by atomic mass is 10.0. The minimum atomic E-state index is -1.02. The minimum absolute atomic E-state index is 0.0596. The highest BCUT2D eigenvalue weighted by Crippen LogP contribution is 2.34. The van der Waals surface area contributed by atoms with Gasteiger partial charge in [0.05, 0.1) is 32.0 Å². The van der Waals surface area contributed by atoms with Gasteiger partial charge in [-0.15, -0.1) is 0 Å². The fraction of sp³-hybridized carbons (Fsp3) is 0.395. The molecule has 1 atom stereocenters. The summed E-state index contributed by atoms with van der Waals surface area (Å²) in [5, 5.41) is 5.09. The van der Waals surface area contributed by atoms with Crippen LogP contribution in [0.25, 0.3) is 0 Å². The molecule has 2 aliphatic rings. The Morgan fingerprint density at radius 1 is 0.800 bits per heavy atom. The van der Waals surface area contributed by atoms with E-state index < -0.39 is 29.7 Å². The van der Waals surface area contributed by atoms with Crippen LogP contribution in [0.15, 0.2) is 60.7 Å². The summed E-state index contributed by atoms with van der Waals surface area (Å²) in [5.74, 6) is -0.0305. The lowest BCUT2D eigenvalue weighted by Gasteiger charge is -2.27. The van der Waals surface area contributed by atoms with Gasteiger partial charge in [0.2, 0.25) is 11.8 Å². The fourth-order valence-electron chi connectivity index (χ4n) is 6.12. The van der Waals surface area contributed by atoms with Crippen LogP contribution in [-0.4, -0.2) is 74.5 Å². The number of aryl methyl sites for hydroxylation is 2. The number of rotatable bonds is 18. The minimum Gasteiger partial charge on any atom is -0.493 e. The number of imide groups is 2. The molecule has 1 saturated heterocycles. The molecule has 264 valence electrons. The van der Waals surface area contributed by atoms with Gasteiger partial charge in [0.15, 0.2) is 18.1 Å². The molecule has 50 heavy (non-hydrogen) atoms. The maximum Gasteiger partial charge on any atom is 0.266 e. The SMILES string of the molecule is COc1ccc(CCCc2cccc(OCC(=O)NCCCCCCOc3cccc4c3C(=O)N(C3CCC(=O)NC3=O)C4=O)c2)cc1OC. The summed E-state index contributed by atoms with van der Waals surface area (Å²) >= 11 is 0. The van der Waals surface area contributed by atoms with Crippen molar-refractivity contribution in [3.63, 3.8) is 0 Å². The number of nitrogens with one attached hydrogen (secondary N) is 2. The van der Waals surface area contributed by atoms with Gasteiger partial charge >= 0.3 is 0 Å². The third-order valence-corrected chi connectivity index (χ3v) is 8.73. The van der Waals surface area contributed by atoms with Gasteiger partial charge in [-0.25, -0.2) is 0 Å². The van der Waals surface area contributed by atoms with E-state index in [0.29, 0.717) is 36.8 Å². The lowest BCUT2D eigenvalue weighted by molar-refractivity contribution is -0.136. The lowest BCUT2D eigenvalue weighted by Crippen LogP contribution is -2.54. The summed E-state index contributed by atoms with van der Waals surface area (Å²) in [7, 11) is 3.25. The summed E-state index contributed by atoms with van der Waals surface area (Å²) in [6.07, 6.45) is 6.08. The number of ether oxygens (including phenoxy) is 4. The molecule has 2 N–H and O–H groups in total. The van der Waals surface area contributed by atoms with Gasteiger partial charge < -0.3 is 24.3 Å². The molecule has 2 heterocycles. The molecule has 5 rings (SSSR count). The topological polar surface area (TPSA) is 150 Å². The number of nitrogens with zero attached hydrogens (tertiary/aromatic N) is 1. The average molecular weight is 686 g/mol. The second-order valence-corrected chi connectivity index (χ2v) is 12.2. The zero-order valence-electron chi connectivity index (χ0n) is 28.5. The molecular formula is C38H43N3O9. The van der Waals surface area contributed by atoms with Gasteiger partial charge in [-0.1, -0.05) is 37.1 Å². The molecule has 0 spiro atoms. The second-order valence-electron chi connectivity index (χ2n) is 12.2. The molecule has 2 aliphatic heterocycles. The monoisotopic (exact) mass is 685 g/mol. The zero-order valence-corrected chi connectivity index (χ0v) is 28.5. The van der Waals surface area contributed by atoms with Crippen molar-refractivity contribution < 1.29 is 42.9 Å². The standard InChI is InChI=1S/C38H43N3O9/c1-47-30-18-16-26(23-32(30)48-2)11-7-10-25-12-8-13-27(22-25)50-24-34(43)39-20-5-3-4-6-21-49-31-15-9-14-28-35(31)38(46)41(37(28)45)29-17-19-33(42)40-36(29)44/h8-9,12-16,18,22-23,29H,3-7,10-11,17,19-21,24H2,1-2H3,(H,39,43)(H,40,42,44). The summed E-state index contributed by atoms with van der Waals surface area (Å²) in [5.41, 5.74) is 2.64. The van der Waals surface area contributed by atoms with Crippen LogP contribution in [0.2, 0.25) is 0 Å². The molecule has 12 nitrogen and oxygen atoms in total. The Morgan fingerprint density at radius 3 is 2.34 bits per heavy atom. The van der Waals surface area contributed by atoms with Crippen LogP contribution >= 0.6 is 0 Å². The zero-order chi connectivity index (χ0) is 35.5. The molecule has 0 saturated carbocycles. The van der Waals surface area contributed by atoms with Crippen LogP contribution in [0.1, 0.15) is 76.8 Å². The van der Waals surface area contributed by atoms with Gasteiger partial charge in [-0.2, -0.15) is 0 Å². The Balaban J connectivity index is 0.953. The second kappa shape index (κ2) is 17.3. The molecule has 0 aromatic heterocycles. The quantitative estimate of drug-likeness (QED) is 0.147. The van der Waals surface area contributed by atoms with Crippen LogP contribution in [0.3, 0.4) is 0 Å². The Labute approximate surface area is 291 Å². The molecule has 1 fully saturated rings. The van der Waals surface area contributed by atoms with Crippen LogP contribution in [-0.2, 0) is 27.2 Å². The predicted molar refractivity (Wildman–Crippen MR) is 184 cm³/mol. The van der Waals surface area contributed by atoms with E-state index in [1.54, 1.807) is 26.4 Å². The number of unbranched alkanes of at least 4 members (excludes halogenated alkanes) is 3. The first kappa shape index (κ1) is 35.9. The van der Waals surface area contributed by atoms with E-state index >= 15 is 0 Å². The molecule has 1 unspecified atom stereocenters. The van der Waals surface area contributed by atoms with E-state index in [4.69, 9.17) is 18.9 Å². The highest BCUT2D eigenvalue weighted by Gasteiger charge is 2.46.